The molecular formula is C14H19N5O3. The van der Waals surface area contributed by atoms with E-state index in [1.54, 1.807) is 18.7 Å². The molecule has 8 nitrogen and oxygen atoms in total. The molecular weight excluding hydrogens is 286 g/mol. The first-order valence-corrected chi connectivity index (χ1v) is 7.00. The number of hydrogen-bond acceptors (Lipinski definition) is 5. The van der Waals surface area contributed by atoms with E-state index < -0.39 is 5.97 Å². The molecule has 0 saturated heterocycles. The van der Waals surface area contributed by atoms with Crippen molar-refractivity contribution in [1.29, 1.82) is 0 Å². The van der Waals surface area contributed by atoms with Crippen molar-refractivity contribution in [3.63, 3.8) is 0 Å². The number of rotatable bonds is 6. The zero-order chi connectivity index (χ0) is 16.1. The number of aromatic nitrogens is 4. The quantitative estimate of drug-likeness (QED) is 0.808. The smallest absolute Gasteiger partial charge is 0.343 e. The minimum absolute atomic E-state index is 0.220. The van der Waals surface area contributed by atoms with E-state index in [1.165, 1.54) is 10.9 Å². The molecule has 0 aliphatic heterocycles. The summed E-state index contributed by atoms with van der Waals surface area (Å²) in [5, 5.41) is 10.9. The van der Waals surface area contributed by atoms with Crippen LogP contribution >= 0.6 is 0 Å². The van der Waals surface area contributed by atoms with Gasteiger partial charge in [0.25, 0.3) is 0 Å². The third-order valence-electron chi connectivity index (χ3n) is 3.03. The minimum Gasteiger partial charge on any atom is -0.462 e. The third kappa shape index (κ3) is 3.72. The summed E-state index contributed by atoms with van der Waals surface area (Å²) < 4.78 is 8.07. The molecule has 2 rings (SSSR count). The first-order valence-electron chi connectivity index (χ1n) is 7.00. The number of amides is 1. The van der Waals surface area contributed by atoms with Crippen LogP contribution in [0.5, 0.6) is 0 Å². The molecule has 0 saturated carbocycles. The van der Waals surface area contributed by atoms with Crippen LogP contribution in [0.25, 0.3) is 0 Å². The Kier molecular flexibility index (Phi) is 4.92. The van der Waals surface area contributed by atoms with Crippen LogP contribution < -0.4 is 5.32 Å². The normalized spacial score (nSPS) is 10.5. The van der Waals surface area contributed by atoms with Gasteiger partial charge in [0, 0.05) is 26.2 Å². The van der Waals surface area contributed by atoms with Crippen molar-refractivity contribution >= 4 is 17.7 Å². The largest absolute Gasteiger partial charge is 0.462 e. The van der Waals surface area contributed by atoms with Crippen LogP contribution in [0.15, 0.2) is 18.5 Å². The number of nitrogens with zero attached hydrogens (tertiary/aromatic N) is 4. The Bertz CT molecular complexity index is 674. The summed E-state index contributed by atoms with van der Waals surface area (Å²) in [5.74, 6) is -0.393. The zero-order valence-corrected chi connectivity index (χ0v) is 12.9. The molecule has 0 aliphatic rings. The van der Waals surface area contributed by atoms with Crippen molar-refractivity contribution < 1.29 is 14.3 Å². The molecule has 118 valence electrons. The molecule has 0 fully saturated rings. The number of hydrogen-bond donors (Lipinski definition) is 1. The molecule has 0 radical (unpaired) electrons. The number of nitrogens with one attached hydrogen (secondary N) is 1. The van der Waals surface area contributed by atoms with E-state index in [2.05, 4.69) is 15.5 Å². The predicted octanol–water partition coefficient (Wildman–Crippen LogP) is 1.13. The van der Waals surface area contributed by atoms with E-state index in [1.807, 2.05) is 19.2 Å². The van der Waals surface area contributed by atoms with Crippen LogP contribution in [0.1, 0.15) is 29.4 Å². The maximum atomic E-state index is 12.0. The van der Waals surface area contributed by atoms with E-state index in [9.17, 15) is 9.59 Å². The van der Waals surface area contributed by atoms with E-state index in [-0.39, 0.29) is 24.5 Å². The standard InChI is InChI=1S/C14H19N5O3/c1-4-22-14(21)11-9-15-18(3)13(11)16-12(20)6-8-19-7-5-10(2)17-19/h5,7,9H,4,6,8H2,1-3H3,(H,16,20). The molecule has 0 aliphatic carbocycles. The highest BCUT2D eigenvalue weighted by Crippen LogP contribution is 2.15. The average Bonchev–Trinajstić information content (AvgIpc) is 3.04. The Morgan fingerprint density at radius 1 is 1.41 bits per heavy atom. The number of carbonyl (C=O) groups is 2. The third-order valence-corrected chi connectivity index (χ3v) is 3.03. The zero-order valence-electron chi connectivity index (χ0n) is 12.9. The van der Waals surface area contributed by atoms with Gasteiger partial charge in [0.05, 0.1) is 18.5 Å². The van der Waals surface area contributed by atoms with Crippen molar-refractivity contribution in [1.82, 2.24) is 19.6 Å². The second kappa shape index (κ2) is 6.88. The van der Waals surface area contributed by atoms with Crippen molar-refractivity contribution in [3.8, 4) is 0 Å². The molecule has 2 aromatic rings. The van der Waals surface area contributed by atoms with Gasteiger partial charge in [-0.25, -0.2) is 4.79 Å². The lowest BCUT2D eigenvalue weighted by molar-refractivity contribution is -0.116. The molecule has 0 spiro atoms. The van der Waals surface area contributed by atoms with Crippen LogP contribution in [-0.4, -0.2) is 38.0 Å². The highest BCUT2D eigenvalue weighted by atomic mass is 16.5. The Morgan fingerprint density at radius 3 is 2.82 bits per heavy atom. The molecule has 22 heavy (non-hydrogen) atoms. The summed E-state index contributed by atoms with van der Waals surface area (Å²) in [5.41, 5.74) is 1.14. The van der Waals surface area contributed by atoms with Gasteiger partial charge in [-0.05, 0) is 19.9 Å². The van der Waals surface area contributed by atoms with Crippen molar-refractivity contribution in [2.24, 2.45) is 7.05 Å². The fourth-order valence-corrected chi connectivity index (χ4v) is 1.94. The second-order valence-corrected chi connectivity index (χ2v) is 4.77. The van der Waals surface area contributed by atoms with Crippen molar-refractivity contribution in [2.75, 3.05) is 11.9 Å². The maximum absolute atomic E-state index is 12.0. The Morgan fingerprint density at radius 2 is 2.18 bits per heavy atom. The van der Waals surface area contributed by atoms with Crippen LogP contribution in [0.3, 0.4) is 0 Å². The van der Waals surface area contributed by atoms with Gasteiger partial charge in [-0.2, -0.15) is 10.2 Å². The second-order valence-electron chi connectivity index (χ2n) is 4.77. The molecule has 0 aromatic carbocycles. The number of anilines is 1. The van der Waals surface area contributed by atoms with Crippen LogP contribution in [-0.2, 0) is 23.1 Å². The SMILES string of the molecule is CCOC(=O)c1cnn(C)c1NC(=O)CCn1ccc(C)n1. The lowest BCUT2D eigenvalue weighted by Gasteiger charge is -2.08. The highest BCUT2D eigenvalue weighted by molar-refractivity contribution is 6.00. The van der Waals surface area contributed by atoms with E-state index in [0.717, 1.165) is 5.69 Å². The van der Waals surface area contributed by atoms with Gasteiger partial charge in [-0.15, -0.1) is 0 Å². The van der Waals surface area contributed by atoms with Gasteiger partial charge < -0.3 is 10.1 Å². The lowest BCUT2D eigenvalue weighted by Crippen LogP contribution is -2.19. The average molecular weight is 305 g/mol. The molecule has 8 heteroatoms. The Hall–Kier alpha value is -2.64. The number of aryl methyl sites for hydroxylation is 3. The van der Waals surface area contributed by atoms with Gasteiger partial charge in [0.1, 0.15) is 11.4 Å². The van der Waals surface area contributed by atoms with E-state index >= 15 is 0 Å². The fraction of sp³-hybridized carbons (Fsp3) is 0.429. The summed E-state index contributed by atoms with van der Waals surface area (Å²) >= 11 is 0. The number of carbonyl (C=O) groups excluding carboxylic acids is 2. The van der Waals surface area contributed by atoms with Crippen molar-refractivity contribution in [2.45, 2.75) is 26.8 Å². The molecule has 2 heterocycles. The van der Waals surface area contributed by atoms with Gasteiger partial charge in [-0.3, -0.25) is 14.2 Å². The molecule has 0 atom stereocenters. The summed E-state index contributed by atoms with van der Waals surface area (Å²) in [7, 11) is 1.65. The van der Waals surface area contributed by atoms with Gasteiger partial charge in [-0.1, -0.05) is 0 Å². The molecule has 1 amide bonds. The van der Waals surface area contributed by atoms with E-state index in [0.29, 0.717) is 12.4 Å². The van der Waals surface area contributed by atoms with Gasteiger partial charge in [0.15, 0.2) is 0 Å². The lowest BCUT2D eigenvalue weighted by atomic mass is 10.3. The van der Waals surface area contributed by atoms with Crippen LogP contribution in [0.4, 0.5) is 5.82 Å². The summed E-state index contributed by atoms with van der Waals surface area (Å²) in [6.45, 7) is 4.34. The van der Waals surface area contributed by atoms with Crippen LogP contribution in [0, 0.1) is 6.92 Å². The van der Waals surface area contributed by atoms with Gasteiger partial charge >= 0.3 is 5.97 Å². The first kappa shape index (κ1) is 15.7. The summed E-state index contributed by atoms with van der Waals surface area (Å²) in [4.78, 5) is 23.8. The highest BCUT2D eigenvalue weighted by Gasteiger charge is 2.19. The molecule has 1 N–H and O–H groups in total. The fourth-order valence-electron chi connectivity index (χ4n) is 1.94. The topological polar surface area (TPSA) is 91.0 Å². The van der Waals surface area contributed by atoms with Crippen LogP contribution in [0.2, 0.25) is 0 Å². The Balaban J connectivity index is 1.99. The summed E-state index contributed by atoms with van der Waals surface area (Å²) in [6, 6.07) is 1.87. The maximum Gasteiger partial charge on any atom is 0.343 e. The molecule has 2 aromatic heterocycles. The predicted molar refractivity (Wildman–Crippen MR) is 79.4 cm³/mol. The number of ether oxygens (including phenoxy) is 1. The molecule has 0 unspecified atom stereocenters. The monoisotopic (exact) mass is 305 g/mol. The minimum atomic E-state index is -0.506. The molecule has 0 bridgehead atoms. The first-order chi connectivity index (χ1) is 10.5. The Labute approximate surface area is 128 Å². The number of esters is 1. The summed E-state index contributed by atoms with van der Waals surface area (Å²) in [6.07, 6.45) is 3.44. The van der Waals surface area contributed by atoms with Gasteiger partial charge in [0.2, 0.25) is 5.91 Å². The van der Waals surface area contributed by atoms with Crippen molar-refractivity contribution in [3.05, 3.63) is 29.7 Å². The van der Waals surface area contributed by atoms with E-state index in [4.69, 9.17) is 4.74 Å².